The third-order valence-corrected chi connectivity index (χ3v) is 5.49. The number of thioether (sulfide) groups is 1. The first kappa shape index (κ1) is 20.3. The summed E-state index contributed by atoms with van der Waals surface area (Å²) in [7, 11) is 0. The molecule has 2 aromatic heterocycles. The van der Waals surface area contributed by atoms with Crippen LogP contribution in [-0.4, -0.2) is 31.7 Å². The molecule has 7 heteroatoms. The van der Waals surface area contributed by atoms with E-state index >= 15 is 0 Å². The van der Waals surface area contributed by atoms with Crippen molar-refractivity contribution in [2.75, 3.05) is 6.26 Å². The van der Waals surface area contributed by atoms with Crippen LogP contribution in [0.4, 0.5) is 0 Å². The SMILES string of the molecule is CSc1nc2nc(C)c(CCC(=O)N[C@H](c3ccccc3)C(C)C)c(C)n2n1. The summed E-state index contributed by atoms with van der Waals surface area (Å²) in [5.74, 6) is 0.967. The van der Waals surface area contributed by atoms with E-state index in [-0.39, 0.29) is 11.9 Å². The molecule has 0 unspecified atom stereocenters. The Kier molecular flexibility index (Phi) is 6.34. The van der Waals surface area contributed by atoms with Crippen molar-refractivity contribution in [2.24, 2.45) is 5.92 Å². The Bertz CT molecular complexity index is 968. The quantitative estimate of drug-likeness (QED) is 0.612. The highest BCUT2D eigenvalue weighted by atomic mass is 32.2. The molecule has 1 N–H and O–H groups in total. The van der Waals surface area contributed by atoms with Gasteiger partial charge < -0.3 is 5.32 Å². The van der Waals surface area contributed by atoms with Gasteiger partial charge in [0.15, 0.2) is 0 Å². The van der Waals surface area contributed by atoms with Crippen LogP contribution >= 0.6 is 11.8 Å². The maximum absolute atomic E-state index is 12.7. The fourth-order valence-electron chi connectivity index (χ4n) is 3.42. The zero-order valence-corrected chi connectivity index (χ0v) is 17.9. The number of aromatic nitrogens is 4. The molecule has 0 fully saturated rings. The molecule has 6 nitrogen and oxygen atoms in total. The number of rotatable bonds is 7. The Balaban J connectivity index is 1.73. The van der Waals surface area contributed by atoms with Crippen molar-refractivity contribution < 1.29 is 4.79 Å². The van der Waals surface area contributed by atoms with Gasteiger partial charge in [-0.3, -0.25) is 4.79 Å². The number of carbonyl (C=O) groups excluding carboxylic acids is 1. The second-order valence-corrected chi connectivity index (χ2v) is 8.04. The van der Waals surface area contributed by atoms with Crippen molar-refractivity contribution in [2.45, 2.75) is 51.7 Å². The topological polar surface area (TPSA) is 72.2 Å². The number of nitrogens with one attached hydrogen (secondary N) is 1. The van der Waals surface area contributed by atoms with E-state index < -0.39 is 0 Å². The van der Waals surface area contributed by atoms with Crippen LogP contribution in [0.2, 0.25) is 0 Å². The predicted octanol–water partition coefficient (Wildman–Crippen LogP) is 3.91. The molecule has 0 aliphatic rings. The van der Waals surface area contributed by atoms with Gasteiger partial charge >= 0.3 is 0 Å². The van der Waals surface area contributed by atoms with Crippen LogP contribution < -0.4 is 5.32 Å². The standard InChI is InChI=1S/C21H27N5OS/c1-13(2)19(16-9-7-6-8-10-16)23-18(27)12-11-17-14(3)22-20-24-21(28-5)25-26(20)15(17)4/h6-10,13,19H,11-12H2,1-5H3,(H,23,27)/t19-/m0/s1. The van der Waals surface area contributed by atoms with Crippen LogP contribution in [0, 0.1) is 19.8 Å². The number of hydrogen-bond donors (Lipinski definition) is 1. The minimum Gasteiger partial charge on any atom is -0.349 e. The van der Waals surface area contributed by atoms with E-state index in [1.807, 2.05) is 38.3 Å². The van der Waals surface area contributed by atoms with Crippen LogP contribution in [0.25, 0.3) is 5.78 Å². The summed E-state index contributed by atoms with van der Waals surface area (Å²) in [6.07, 6.45) is 2.98. The van der Waals surface area contributed by atoms with Crippen LogP contribution in [0.5, 0.6) is 0 Å². The van der Waals surface area contributed by atoms with Crippen LogP contribution in [0.1, 0.15) is 48.8 Å². The number of aryl methyl sites for hydroxylation is 2. The van der Waals surface area contributed by atoms with E-state index in [1.165, 1.54) is 11.8 Å². The Labute approximate surface area is 170 Å². The van der Waals surface area contributed by atoms with Crippen molar-refractivity contribution >= 4 is 23.4 Å². The third kappa shape index (κ3) is 4.35. The smallest absolute Gasteiger partial charge is 0.253 e. The lowest BCUT2D eigenvalue weighted by Gasteiger charge is -2.23. The first-order chi connectivity index (χ1) is 13.4. The van der Waals surface area contributed by atoms with Gasteiger partial charge in [0.05, 0.1) is 6.04 Å². The Hall–Kier alpha value is -2.41. The van der Waals surface area contributed by atoms with Crippen LogP contribution in [-0.2, 0) is 11.2 Å². The molecule has 0 saturated carbocycles. The van der Waals surface area contributed by atoms with Gasteiger partial charge in [-0.1, -0.05) is 55.9 Å². The number of hydrogen-bond acceptors (Lipinski definition) is 5. The molecule has 0 bridgehead atoms. The molecule has 2 heterocycles. The zero-order valence-electron chi connectivity index (χ0n) is 17.1. The van der Waals surface area contributed by atoms with Gasteiger partial charge in [-0.2, -0.15) is 4.98 Å². The summed E-state index contributed by atoms with van der Waals surface area (Å²) in [4.78, 5) is 21.6. The molecule has 0 aliphatic heterocycles. The van der Waals surface area contributed by atoms with Gasteiger partial charge in [-0.25, -0.2) is 9.50 Å². The average molecular weight is 398 g/mol. The zero-order chi connectivity index (χ0) is 20.3. The number of carbonyl (C=O) groups is 1. The molecule has 1 aromatic carbocycles. The first-order valence-corrected chi connectivity index (χ1v) is 10.7. The van der Waals surface area contributed by atoms with Crippen molar-refractivity contribution in [3.63, 3.8) is 0 Å². The van der Waals surface area contributed by atoms with Gasteiger partial charge in [-0.15, -0.1) is 5.10 Å². The molecule has 3 aromatic rings. The van der Waals surface area contributed by atoms with Gasteiger partial charge in [0.25, 0.3) is 5.78 Å². The minimum absolute atomic E-state index is 0.0101. The summed E-state index contributed by atoms with van der Waals surface area (Å²) in [5, 5.41) is 8.37. The highest BCUT2D eigenvalue weighted by molar-refractivity contribution is 7.98. The van der Waals surface area contributed by atoms with E-state index in [1.54, 1.807) is 4.52 Å². The normalized spacial score (nSPS) is 12.5. The van der Waals surface area contributed by atoms with E-state index in [9.17, 15) is 4.79 Å². The molecule has 0 spiro atoms. The highest BCUT2D eigenvalue weighted by Crippen LogP contribution is 2.22. The monoisotopic (exact) mass is 397 g/mol. The van der Waals surface area contributed by atoms with Gasteiger partial charge in [0.2, 0.25) is 11.1 Å². The molecule has 1 atom stereocenters. The fraction of sp³-hybridized carbons (Fsp3) is 0.429. The van der Waals surface area contributed by atoms with E-state index in [2.05, 4.69) is 46.4 Å². The molecule has 0 radical (unpaired) electrons. The lowest BCUT2D eigenvalue weighted by atomic mass is 9.95. The minimum atomic E-state index is 0.0101. The Morgan fingerprint density at radius 3 is 2.54 bits per heavy atom. The summed E-state index contributed by atoms with van der Waals surface area (Å²) in [6, 6.07) is 10.1. The van der Waals surface area contributed by atoms with Gasteiger partial charge in [0, 0.05) is 17.8 Å². The summed E-state index contributed by atoms with van der Waals surface area (Å²) < 4.78 is 1.77. The van der Waals surface area contributed by atoms with E-state index in [0.29, 0.717) is 29.7 Å². The molecule has 3 rings (SSSR count). The van der Waals surface area contributed by atoms with E-state index in [4.69, 9.17) is 0 Å². The van der Waals surface area contributed by atoms with Crippen molar-refractivity contribution in [1.82, 2.24) is 24.9 Å². The molecule has 148 valence electrons. The second kappa shape index (κ2) is 8.73. The van der Waals surface area contributed by atoms with Crippen LogP contribution in [0.3, 0.4) is 0 Å². The van der Waals surface area contributed by atoms with Crippen molar-refractivity contribution in [1.29, 1.82) is 0 Å². The summed E-state index contributed by atoms with van der Waals surface area (Å²) in [5.41, 5.74) is 4.09. The molecule has 0 aliphatic carbocycles. The maximum Gasteiger partial charge on any atom is 0.253 e. The maximum atomic E-state index is 12.7. The average Bonchev–Trinajstić information content (AvgIpc) is 3.09. The van der Waals surface area contributed by atoms with Crippen molar-refractivity contribution in [3.05, 3.63) is 52.8 Å². The summed E-state index contributed by atoms with van der Waals surface area (Å²) >= 11 is 1.49. The Morgan fingerprint density at radius 1 is 1.18 bits per heavy atom. The second-order valence-electron chi connectivity index (χ2n) is 7.27. The molecule has 0 saturated heterocycles. The predicted molar refractivity (Wildman–Crippen MR) is 113 cm³/mol. The van der Waals surface area contributed by atoms with E-state index in [0.717, 1.165) is 22.5 Å². The number of benzene rings is 1. The molecular formula is C21H27N5OS. The fourth-order valence-corrected chi connectivity index (χ4v) is 3.75. The molecule has 28 heavy (non-hydrogen) atoms. The Morgan fingerprint density at radius 2 is 1.89 bits per heavy atom. The molecular weight excluding hydrogens is 370 g/mol. The first-order valence-electron chi connectivity index (χ1n) is 9.51. The van der Waals surface area contributed by atoms with Gasteiger partial charge in [0.1, 0.15) is 0 Å². The lowest BCUT2D eigenvalue weighted by molar-refractivity contribution is -0.122. The number of nitrogens with zero attached hydrogens (tertiary/aromatic N) is 4. The van der Waals surface area contributed by atoms with Crippen LogP contribution in [0.15, 0.2) is 35.5 Å². The number of fused-ring (bicyclic) bond motifs is 1. The molecule has 1 amide bonds. The summed E-state index contributed by atoms with van der Waals surface area (Å²) in [6.45, 7) is 8.22. The largest absolute Gasteiger partial charge is 0.349 e. The third-order valence-electron chi connectivity index (χ3n) is 4.96. The lowest BCUT2D eigenvalue weighted by Crippen LogP contribution is -2.32. The highest BCUT2D eigenvalue weighted by Gasteiger charge is 2.19. The van der Waals surface area contributed by atoms with Crippen molar-refractivity contribution in [3.8, 4) is 0 Å². The number of amides is 1. The van der Waals surface area contributed by atoms with Gasteiger partial charge in [-0.05, 0) is 43.6 Å².